The van der Waals surface area contributed by atoms with Gasteiger partial charge in [-0.1, -0.05) is 24.3 Å². The molecule has 19 heavy (non-hydrogen) atoms. The number of aryl methyl sites for hydroxylation is 1. The molecule has 1 saturated carbocycles. The molecule has 0 unspecified atom stereocenters. The van der Waals surface area contributed by atoms with Gasteiger partial charge in [0.25, 0.3) is 5.91 Å². The first-order chi connectivity index (χ1) is 8.91. The topological polar surface area (TPSA) is 52.9 Å². The third-order valence-electron chi connectivity index (χ3n) is 3.45. The molecule has 1 N–H and O–H groups in total. The van der Waals surface area contributed by atoms with E-state index in [9.17, 15) is 13.6 Å². The van der Waals surface area contributed by atoms with Gasteiger partial charge in [-0.3, -0.25) is 4.79 Å². The molecule has 1 amide bonds. The predicted octanol–water partition coefficient (Wildman–Crippen LogP) is 2.51. The third-order valence-corrected chi connectivity index (χ3v) is 3.45. The summed E-state index contributed by atoms with van der Waals surface area (Å²) < 4.78 is 28.0. The van der Waals surface area contributed by atoms with Crippen LogP contribution in [-0.2, 0) is 10.7 Å². The lowest BCUT2D eigenvalue weighted by molar-refractivity contribution is -0.147. The van der Waals surface area contributed by atoms with E-state index in [4.69, 9.17) is 5.26 Å². The highest BCUT2D eigenvalue weighted by atomic mass is 19.3. The molecule has 1 fully saturated rings. The van der Waals surface area contributed by atoms with Crippen molar-refractivity contribution in [2.45, 2.75) is 25.7 Å². The summed E-state index contributed by atoms with van der Waals surface area (Å²) in [6, 6.07) is 7.94. The van der Waals surface area contributed by atoms with Gasteiger partial charge in [0.2, 0.25) is 0 Å². The van der Waals surface area contributed by atoms with E-state index in [1.807, 2.05) is 0 Å². The van der Waals surface area contributed by atoms with Crippen LogP contribution in [0.15, 0.2) is 24.3 Å². The van der Waals surface area contributed by atoms with E-state index in [0.29, 0.717) is 18.4 Å². The lowest BCUT2D eigenvalue weighted by atomic mass is 10.0. The number of alkyl halides is 2. The second kappa shape index (κ2) is 4.61. The Kier molecular flexibility index (Phi) is 3.27. The molecular formula is C14H14F2N2O. The molecule has 1 aromatic carbocycles. The largest absolute Gasteiger partial charge is 0.350 e. The van der Waals surface area contributed by atoms with Crippen LogP contribution in [0.3, 0.4) is 0 Å². The number of nitrogens with one attached hydrogen (secondary N) is 1. The van der Waals surface area contributed by atoms with Gasteiger partial charge >= 0.3 is 5.92 Å². The fourth-order valence-corrected chi connectivity index (χ4v) is 1.89. The van der Waals surface area contributed by atoms with Gasteiger partial charge in [0.05, 0.1) is 11.5 Å². The molecule has 5 heteroatoms. The Morgan fingerprint density at radius 3 is 2.63 bits per heavy atom. The van der Waals surface area contributed by atoms with Gasteiger partial charge in [0.15, 0.2) is 0 Å². The summed E-state index contributed by atoms with van der Waals surface area (Å²) in [6.45, 7) is 1.53. The van der Waals surface area contributed by atoms with Crippen molar-refractivity contribution >= 4 is 5.91 Å². The zero-order chi connectivity index (χ0) is 14.1. The number of amides is 1. The fraction of sp³-hybridized carbons (Fsp3) is 0.429. The highest BCUT2D eigenvalue weighted by Crippen LogP contribution is 2.44. The maximum atomic E-state index is 14.0. The Labute approximate surface area is 110 Å². The van der Waals surface area contributed by atoms with Crippen molar-refractivity contribution in [3.05, 3.63) is 35.4 Å². The maximum absolute atomic E-state index is 14.0. The summed E-state index contributed by atoms with van der Waals surface area (Å²) >= 11 is 0. The first-order valence-corrected chi connectivity index (χ1v) is 6.05. The summed E-state index contributed by atoms with van der Waals surface area (Å²) in [4.78, 5) is 11.6. The molecule has 0 saturated heterocycles. The second-order valence-corrected chi connectivity index (χ2v) is 4.96. The lowest BCUT2D eigenvalue weighted by Crippen LogP contribution is -2.41. The van der Waals surface area contributed by atoms with E-state index >= 15 is 0 Å². The van der Waals surface area contributed by atoms with Crippen molar-refractivity contribution in [1.29, 1.82) is 5.26 Å². The third kappa shape index (κ3) is 2.58. The first kappa shape index (κ1) is 13.5. The normalized spacial score (nSPS) is 16.5. The van der Waals surface area contributed by atoms with Gasteiger partial charge in [0, 0.05) is 12.1 Å². The molecule has 0 heterocycles. The van der Waals surface area contributed by atoms with E-state index in [2.05, 4.69) is 11.4 Å². The Hall–Kier alpha value is -1.96. The Morgan fingerprint density at radius 1 is 1.47 bits per heavy atom. The van der Waals surface area contributed by atoms with Crippen LogP contribution in [0.4, 0.5) is 8.78 Å². The van der Waals surface area contributed by atoms with Crippen molar-refractivity contribution < 1.29 is 13.6 Å². The molecule has 0 atom stereocenters. The van der Waals surface area contributed by atoms with Crippen LogP contribution >= 0.6 is 0 Å². The minimum Gasteiger partial charge on any atom is -0.349 e. The van der Waals surface area contributed by atoms with Crippen LogP contribution in [-0.4, -0.2) is 12.5 Å². The first-order valence-electron chi connectivity index (χ1n) is 6.05. The molecule has 0 aromatic heterocycles. The Bertz CT molecular complexity index is 545. The minimum atomic E-state index is -3.57. The van der Waals surface area contributed by atoms with Crippen LogP contribution < -0.4 is 5.32 Å². The zero-order valence-electron chi connectivity index (χ0n) is 10.5. The van der Waals surface area contributed by atoms with Crippen LogP contribution in [0.25, 0.3) is 0 Å². The van der Waals surface area contributed by atoms with E-state index in [0.717, 1.165) is 0 Å². The van der Waals surface area contributed by atoms with Gasteiger partial charge in [0.1, 0.15) is 0 Å². The van der Waals surface area contributed by atoms with Crippen molar-refractivity contribution in [2.75, 3.05) is 6.54 Å². The Balaban J connectivity index is 2.09. The summed E-state index contributed by atoms with van der Waals surface area (Å²) in [5.41, 5.74) is -0.560. The van der Waals surface area contributed by atoms with Crippen LogP contribution in [0.5, 0.6) is 0 Å². The van der Waals surface area contributed by atoms with Crippen molar-refractivity contribution in [3.8, 4) is 6.07 Å². The number of nitrogens with zero attached hydrogens (tertiary/aromatic N) is 1. The maximum Gasteiger partial charge on any atom is 0.350 e. The number of carbonyl (C=O) groups is 1. The van der Waals surface area contributed by atoms with Crippen LogP contribution in [0.2, 0.25) is 0 Å². The zero-order valence-corrected chi connectivity index (χ0v) is 10.5. The number of hydrogen-bond donors (Lipinski definition) is 1. The van der Waals surface area contributed by atoms with E-state index in [1.165, 1.54) is 25.1 Å². The number of benzene rings is 1. The van der Waals surface area contributed by atoms with Crippen LogP contribution in [0.1, 0.15) is 24.0 Å². The number of hydrogen-bond acceptors (Lipinski definition) is 2. The molecule has 1 aliphatic carbocycles. The Morgan fingerprint density at radius 2 is 2.11 bits per heavy atom. The molecule has 3 nitrogen and oxygen atoms in total. The SMILES string of the molecule is Cc1ccccc1C(F)(F)C(=O)NCC1(C#N)CC1. The standard InChI is InChI=1S/C14H14F2N2O/c1-10-4-2-3-5-11(10)14(15,16)12(19)18-9-13(8-17)6-7-13/h2-5H,6-7,9H2,1H3,(H,18,19). The molecule has 100 valence electrons. The number of rotatable bonds is 4. The average Bonchev–Trinajstić information content (AvgIpc) is 3.17. The number of nitriles is 1. The highest BCUT2D eigenvalue weighted by Gasteiger charge is 2.47. The predicted molar refractivity (Wildman–Crippen MR) is 65.4 cm³/mol. The van der Waals surface area contributed by atoms with Gasteiger partial charge in [-0.2, -0.15) is 14.0 Å². The summed E-state index contributed by atoms with van der Waals surface area (Å²) in [5.74, 6) is -4.92. The fourth-order valence-electron chi connectivity index (χ4n) is 1.89. The average molecular weight is 264 g/mol. The smallest absolute Gasteiger partial charge is 0.349 e. The van der Waals surface area contributed by atoms with Crippen molar-refractivity contribution in [2.24, 2.45) is 5.41 Å². The van der Waals surface area contributed by atoms with Crippen molar-refractivity contribution in [1.82, 2.24) is 5.32 Å². The van der Waals surface area contributed by atoms with Crippen LogP contribution in [0, 0.1) is 23.7 Å². The number of carbonyl (C=O) groups excluding carboxylic acids is 1. The van der Waals surface area contributed by atoms with Gasteiger partial charge in [-0.15, -0.1) is 0 Å². The van der Waals surface area contributed by atoms with Gasteiger partial charge in [-0.05, 0) is 25.3 Å². The molecule has 1 aromatic rings. The van der Waals surface area contributed by atoms with E-state index in [-0.39, 0.29) is 12.1 Å². The summed E-state index contributed by atoms with van der Waals surface area (Å²) in [5, 5.41) is 11.0. The van der Waals surface area contributed by atoms with E-state index in [1.54, 1.807) is 6.07 Å². The molecule has 0 bridgehead atoms. The van der Waals surface area contributed by atoms with Crippen molar-refractivity contribution in [3.63, 3.8) is 0 Å². The quantitative estimate of drug-likeness (QED) is 0.908. The number of halogens is 2. The van der Waals surface area contributed by atoms with E-state index < -0.39 is 17.2 Å². The minimum absolute atomic E-state index is 0.0101. The molecule has 0 aliphatic heterocycles. The molecule has 2 rings (SSSR count). The van der Waals surface area contributed by atoms with Gasteiger partial charge < -0.3 is 5.32 Å². The van der Waals surface area contributed by atoms with Gasteiger partial charge in [-0.25, -0.2) is 0 Å². The monoisotopic (exact) mass is 264 g/mol. The second-order valence-electron chi connectivity index (χ2n) is 4.96. The molecule has 0 radical (unpaired) electrons. The lowest BCUT2D eigenvalue weighted by Gasteiger charge is -2.19. The molecule has 1 aliphatic rings. The summed E-state index contributed by atoms with van der Waals surface area (Å²) in [6.07, 6.45) is 1.30. The highest BCUT2D eigenvalue weighted by molar-refractivity contribution is 5.85. The molecular weight excluding hydrogens is 250 g/mol. The molecule has 0 spiro atoms. The summed E-state index contributed by atoms with van der Waals surface area (Å²) in [7, 11) is 0.